The molecule has 0 radical (unpaired) electrons. The van der Waals surface area contributed by atoms with E-state index in [4.69, 9.17) is 4.74 Å². The van der Waals surface area contributed by atoms with Crippen LogP contribution in [0.1, 0.15) is 19.4 Å². The van der Waals surface area contributed by atoms with Crippen LogP contribution < -0.4 is 4.74 Å². The smallest absolute Gasteiger partial charge is 0.258 e. The summed E-state index contributed by atoms with van der Waals surface area (Å²) in [6.45, 7) is 4.14. The van der Waals surface area contributed by atoms with Gasteiger partial charge in [-0.3, -0.25) is 0 Å². The van der Waals surface area contributed by atoms with E-state index in [-0.39, 0.29) is 0 Å². The predicted molar refractivity (Wildman–Crippen MR) is 62.2 cm³/mol. The molecule has 0 bridgehead atoms. The van der Waals surface area contributed by atoms with Crippen molar-refractivity contribution < 1.29 is 4.74 Å². The molecule has 2 rings (SSSR count). The third kappa shape index (κ3) is 2.70. The molecule has 0 aliphatic rings. The summed E-state index contributed by atoms with van der Waals surface area (Å²) in [5, 5.41) is 9.97. The fraction of sp³-hybridized carbons (Fsp3) is 0.167. The van der Waals surface area contributed by atoms with Gasteiger partial charge in [-0.05, 0) is 31.5 Å². The zero-order valence-electron chi connectivity index (χ0n) is 9.27. The topological polar surface area (TPSA) is 50.8 Å². The fourth-order valence-electron chi connectivity index (χ4n) is 1.33. The van der Waals surface area contributed by atoms with E-state index in [1.807, 2.05) is 24.3 Å². The van der Waals surface area contributed by atoms with Crippen molar-refractivity contribution in [2.75, 3.05) is 0 Å². The third-order valence-corrected chi connectivity index (χ3v) is 1.95. The minimum absolute atomic E-state index is 0.468. The Hall–Kier alpha value is -2.10. The number of benzene rings is 1. The summed E-state index contributed by atoms with van der Waals surface area (Å²) in [6, 6.07) is 7.82. The van der Waals surface area contributed by atoms with E-state index >= 15 is 0 Å². The number of rotatable bonds is 3. The molecule has 82 valence electrons. The van der Waals surface area contributed by atoms with Crippen molar-refractivity contribution in [2.24, 2.45) is 0 Å². The van der Waals surface area contributed by atoms with Gasteiger partial charge >= 0.3 is 0 Å². The molecule has 0 atom stereocenters. The highest BCUT2D eigenvalue weighted by Crippen LogP contribution is 2.19. The molecule has 4 heteroatoms. The van der Waals surface area contributed by atoms with E-state index in [9.17, 15) is 0 Å². The number of hydrogen-bond donors (Lipinski definition) is 1. The Morgan fingerprint density at radius 2 is 2.00 bits per heavy atom. The van der Waals surface area contributed by atoms with Crippen molar-refractivity contribution in [1.29, 1.82) is 0 Å². The quantitative estimate of drug-likeness (QED) is 0.856. The van der Waals surface area contributed by atoms with Gasteiger partial charge in [0.15, 0.2) is 0 Å². The van der Waals surface area contributed by atoms with Crippen LogP contribution in [-0.4, -0.2) is 15.4 Å². The van der Waals surface area contributed by atoms with Crippen LogP contribution in [0.15, 0.2) is 36.0 Å². The van der Waals surface area contributed by atoms with Crippen molar-refractivity contribution in [3.63, 3.8) is 0 Å². The van der Waals surface area contributed by atoms with Crippen LogP contribution in [0, 0.1) is 0 Å². The zero-order chi connectivity index (χ0) is 11.4. The summed E-state index contributed by atoms with van der Waals surface area (Å²) in [4.78, 5) is 0. The fourth-order valence-corrected chi connectivity index (χ4v) is 1.33. The highest BCUT2D eigenvalue weighted by atomic mass is 16.5. The largest absolute Gasteiger partial charge is 0.436 e. The molecule has 4 nitrogen and oxygen atoms in total. The Balaban J connectivity index is 2.11. The number of aromatic amines is 1. The lowest BCUT2D eigenvalue weighted by Crippen LogP contribution is -1.84. The van der Waals surface area contributed by atoms with Gasteiger partial charge in [-0.15, -0.1) is 5.10 Å². The monoisotopic (exact) mass is 215 g/mol. The first kappa shape index (κ1) is 10.4. The van der Waals surface area contributed by atoms with Gasteiger partial charge in [-0.1, -0.05) is 23.8 Å². The maximum Gasteiger partial charge on any atom is 0.258 e. The molecule has 0 amide bonds. The number of nitrogens with zero attached hydrogens (tertiary/aromatic N) is 2. The second-order valence-corrected chi connectivity index (χ2v) is 3.70. The van der Waals surface area contributed by atoms with Gasteiger partial charge in [0.2, 0.25) is 0 Å². The van der Waals surface area contributed by atoms with Crippen LogP contribution in [0.4, 0.5) is 0 Å². The molecule has 16 heavy (non-hydrogen) atoms. The summed E-state index contributed by atoms with van der Waals surface area (Å²) in [5.41, 5.74) is 2.43. The molecule has 2 aromatic rings. The van der Waals surface area contributed by atoms with E-state index in [1.54, 1.807) is 0 Å². The Bertz CT molecular complexity index is 467. The van der Waals surface area contributed by atoms with E-state index in [0.717, 1.165) is 11.3 Å². The number of ether oxygens (including phenoxy) is 1. The second kappa shape index (κ2) is 4.61. The normalized spacial score (nSPS) is 9.88. The average molecular weight is 215 g/mol. The molecule has 1 heterocycles. The lowest BCUT2D eigenvalue weighted by Gasteiger charge is -2.01. The molecular weight excluding hydrogens is 202 g/mol. The molecule has 1 aromatic carbocycles. The molecule has 0 spiro atoms. The van der Waals surface area contributed by atoms with Gasteiger partial charge < -0.3 is 4.74 Å². The highest BCUT2D eigenvalue weighted by Gasteiger charge is 1.98. The molecule has 0 unspecified atom stereocenters. The molecule has 0 aliphatic carbocycles. The van der Waals surface area contributed by atoms with Crippen molar-refractivity contribution in [3.05, 3.63) is 41.6 Å². The van der Waals surface area contributed by atoms with Crippen LogP contribution in [0.2, 0.25) is 0 Å². The summed E-state index contributed by atoms with van der Waals surface area (Å²) in [6.07, 6.45) is 3.64. The third-order valence-electron chi connectivity index (χ3n) is 1.95. The van der Waals surface area contributed by atoms with Gasteiger partial charge in [0.25, 0.3) is 5.88 Å². The highest BCUT2D eigenvalue weighted by molar-refractivity contribution is 5.53. The van der Waals surface area contributed by atoms with Gasteiger partial charge in [0.05, 0.1) is 0 Å². The molecule has 1 aromatic heterocycles. The van der Waals surface area contributed by atoms with E-state index in [1.165, 1.54) is 11.8 Å². The van der Waals surface area contributed by atoms with Gasteiger partial charge in [-0.2, -0.15) is 10.3 Å². The zero-order valence-corrected chi connectivity index (χ0v) is 9.27. The van der Waals surface area contributed by atoms with Crippen LogP contribution in [0.25, 0.3) is 6.08 Å². The molecule has 0 saturated heterocycles. The minimum Gasteiger partial charge on any atom is -0.436 e. The molecule has 0 fully saturated rings. The SMILES string of the molecule is CC(C)=Cc1ccc(Oc2cn[nH]n2)cc1. The lowest BCUT2D eigenvalue weighted by molar-refractivity contribution is 0.461. The number of allylic oxidation sites excluding steroid dienone is 1. The summed E-state index contributed by atoms with van der Waals surface area (Å²) in [5.74, 6) is 1.22. The van der Waals surface area contributed by atoms with Crippen molar-refractivity contribution in [2.45, 2.75) is 13.8 Å². The predicted octanol–water partition coefficient (Wildman–Crippen LogP) is 3.02. The first-order valence-corrected chi connectivity index (χ1v) is 5.02. The first-order valence-electron chi connectivity index (χ1n) is 5.02. The maximum atomic E-state index is 5.45. The van der Waals surface area contributed by atoms with Crippen molar-refractivity contribution in [1.82, 2.24) is 15.4 Å². The number of aromatic nitrogens is 3. The van der Waals surface area contributed by atoms with Crippen LogP contribution in [0.5, 0.6) is 11.6 Å². The van der Waals surface area contributed by atoms with E-state index in [2.05, 4.69) is 35.3 Å². The van der Waals surface area contributed by atoms with Crippen LogP contribution in [0.3, 0.4) is 0 Å². The van der Waals surface area contributed by atoms with Crippen molar-refractivity contribution >= 4 is 6.08 Å². The molecule has 0 saturated carbocycles. The standard InChI is InChI=1S/C12H13N3O/c1-9(2)7-10-3-5-11(6-4-10)16-12-8-13-15-14-12/h3-8H,1-2H3,(H,13,14,15). The maximum absolute atomic E-state index is 5.45. The Labute approximate surface area is 94.0 Å². The number of nitrogens with one attached hydrogen (secondary N) is 1. The molecule has 0 aliphatic heterocycles. The van der Waals surface area contributed by atoms with Crippen molar-refractivity contribution in [3.8, 4) is 11.6 Å². The summed E-state index contributed by atoms with van der Waals surface area (Å²) >= 11 is 0. The van der Waals surface area contributed by atoms with Crippen LogP contribution >= 0.6 is 0 Å². The Morgan fingerprint density at radius 1 is 1.25 bits per heavy atom. The van der Waals surface area contributed by atoms with Gasteiger partial charge in [0, 0.05) is 0 Å². The molecular formula is C12H13N3O. The Kier molecular flexibility index (Phi) is 3.00. The summed E-state index contributed by atoms with van der Waals surface area (Å²) < 4.78 is 5.45. The first-order chi connectivity index (χ1) is 7.74. The van der Waals surface area contributed by atoms with Gasteiger partial charge in [0.1, 0.15) is 11.9 Å². The van der Waals surface area contributed by atoms with Gasteiger partial charge in [-0.25, -0.2) is 0 Å². The lowest BCUT2D eigenvalue weighted by atomic mass is 10.1. The van der Waals surface area contributed by atoms with E-state index in [0.29, 0.717) is 5.88 Å². The summed E-state index contributed by atoms with van der Waals surface area (Å²) in [7, 11) is 0. The Morgan fingerprint density at radius 3 is 2.56 bits per heavy atom. The molecule has 1 N–H and O–H groups in total. The number of H-pyrrole nitrogens is 1. The van der Waals surface area contributed by atoms with Crippen LogP contribution in [-0.2, 0) is 0 Å². The average Bonchev–Trinajstić information content (AvgIpc) is 2.73. The van der Waals surface area contributed by atoms with E-state index < -0.39 is 0 Å². The minimum atomic E-state index is 0.468. The number of hydrogen-bond acceptors (Lipinski definition) is 3. The second-order valence-electron chi connectivity index (χ2n) is 3.70.